The van der Waals surface area contributed by atoms with Crippen molar-refractivity contribution in [3.05, 3.63) is 29.8 Å². The molecule has 1 aromatic carbocycles. The Hall–Kier alpha value is -2.37. The van der Waals surface area contributed by atoms with Crippen LogP contribution in [0.4, 0.5) is 5.69 Å². The number of nitrogens with zero attached hydrogens (tertiary/aromatic N) is 1. The van der Waals surface area contributed by atoms with Crippen molar-refractivity contribution in [2.45, 2.75) is 26.3 Å². The Kier molecular flexibility index (Phi) is 5.71. The summed E-state index contributed by atoms with van der Waals surface area (Å²) in [6.07, 6.45) is -0.284. The highest BCUT2D eigenvalue weighted by Crippen LogP contribution is 2.17. The van der Waals surface area contributed by atoms with Crippen molar-refractivity contribution < 1.29 is 19.5 Å². The predicted molar refractivity (Wildman–Crippen MR) is 74.1 cm³/mol. The first-order valence-corrected chi connectivity index (χ1v) is 6.21. The van der Waals surface area contributed by atoms with Gasteiger partial charge in [0, 0.05) is 32.6 Å². The lowest BCUT2D eigenvalue weighted by atomic mass is 10.1. The molecule has 0 heterocycles. The third-order valence-electron chi connectivity index (χ3n) is 2.80. The van der Waals surface area contributed by atoms with Gasteiger partial charge in [0.1, 0.15) is 0 Å². The summed E-state index contributed by atoms with van der Waals surface area (Å²) in [6.45, 7) is 1.85. The first kappa shape index (κ1) is 15.7. The van der Waals surface area contributed by atoms with E-state index in [2.05, 4.69) is 5.32 Å². The number of hydrogen-bond donors (Lipinski definition) is 2. The van der Waals surface area contributed by atoms with Crippen LogP contribution in [0.5, 0.6) is 0 Å². The fourth-order valence-corrected chi connectivity index (χ4v) is 1.58. The maximum atomic E-state index is 11.6. The quantitative estimate of drug-likeness (QED) is 0.825. The predicted octanol–water partition coefficient (Wildman–Crippen LogP) is 1.47. The Morgan fingerprint density at radius 2 is 1.85 bits per heavy atom. The summed E-state index contributed by atoms with van der Waals surface area (Å²) in [5, 5.41) is 11.2. The number of nitrogens with one attached hydrogen (secondary N) is 1. The summed E-state index contributed by atoms with van der Waals surface area (Å²) < 4.78 is 0. The summed E-state index contributed by atoms with van der Waals surface area (Å²) >= 11 is 0. The van der Waals surface area contributed by atoms with Gasteiger partial charge in [-0.3, -0.25) is 14.4 Å². The van der Waals surface area contributed by atoms with Crippen molar-refractivity contribution >= 4 is 23.5 Å². The van der Waals surface area contributed by atoms with Crippen LogP contribution in [-0.2, 0) is 20.9 Å². The molecule has 1 rings (SSSR count). The average Bonchev–Trinajstić information content (AvgIpc) is 2.38. The second kappa shape index (κ2) is 7.28. The lowest BCUT2D eigenvalue weighted by Gasteiger charge is -2.17. The number of carboxylic acids is 1. The van der Waals surface area contributed by atoms with Crippen molar-refractivity contribution in [1.29, 1.82) is 0 Å². The van der Waals surface area contributed by atoms with Gasteiger partial charge in [-0.1, -0.05) is 18.2 Å². The Bertz CT molecular complexity index is 514. The molecule has 6 heteroatoms. The number of para-hydroxylation sites is 1. The number of anilines is 1. The summed E-state index contributed by atoms with van der Waals surface area (Å²) in [6, 6.07) is 7.12. The van der Waals surface area contributed by atoms with Crippen LogP contribution >= 0.6 is 0 Å². The normalized spacial score (nSPS) is 9.90. The standard InChI is InChI=1S/C14H18N2O4/c1-10(17)16(2)9-11-5-3-4-6-12(11)15-13(18)7-8-14(19)20/h3-6H,7-9H2,1-2H3,(H,15,18)(H,19,20). The van der Waals surface area contributed by atoms with E-state index in [4.69, 9.17) is 5.11 Å². The zero-order valence-corrected chi connectivity index (χ0v) is 11.5. The number of carbonyl (C=O) groups excluding carboxylic acids is 2. The monoisotopic (exact) mass is 278 g/mol. The van der Waals surface area contributed by atoms with E-state index >= 15 is 0 Å². The van der Waals surface area contributed by atoms with Gasteiger partial charge in [-0.15, -0.1) is 0 Å². The molecule has 6 nitrogen and oxygen atoms in total. The fourth-order valence-electron chi connectivity index (χ4n) is 1.58. The Balaban J connectivity index is 2.72. The molecule has 20 heavy (non-hydrogen) atoms. The number of carbonyl (C=O) groups is 3. The molecular weight excluding hydrogens is 260 g/mol. The summed E-state index contributed by atoms with van der Waals surface area (Å²) in [5.41, 5.74) is 1.39. The highest BCUT2D eigenvalue weighted by Gasteiger charge is 2.10. The van der Waals surface area contributed by atoms with Crippen LogP contribution in [0, 0.1) is 0 Å². The third-order valence-corrected chi connectivity index (χ3v) is 2.80. The highest BCUT2D eigenvalue weighted by atomic mass is 16.4. The number of amides is 2. The van der Waals surface area contributed by atoms with Gasteiger partial charge in [0.25, 0.3) is 0 Å². The van der Waals surface area contributed by atoms with Crippen LogP contribution in [0.2, 0.25) is 0 Å². The highest BCUT2D eigenvalue weighted by molar-refractivity contribution is 5.93. The summed E-state index contributed by atoms with van der Waals surface area (Å²) in [7, 11) is 1.67. The van der Waals surface area contributed by atoms with Crippen molar-refractivity contribution in [3.63, 3.8) is 0 Å². The van der Waals surface area contributed by atoms with Gasteiger partial charge in [0.15, 0.2) is 0 Å². The van der Waals surface area contributed by atoms with E-state index in [1.807, 2.05) is 12.1 Å². The van der Waals surface area contributed by atoms with Crippen molar-refractivity contribution in [2.75, 3.05) is 12.4 Å². The molecule has 0 atom stereocenters. The van der Waals surface area contributed by atoms with Crippen LogP contribution in [0.25, 0.3) is 0 Å². The molecule has 0 aliphatic heterocycles. The van der Waals surface area contributed by atoms with E-state index in [1.54, 1.807) is 19.2 Å². The number of aliphatic carboxylic acids is 1. The van der Waals surface area contributed by atoms with Gasteiger partial charge >= 0.3 is 5.97 Å². The number of carboxylic acid groups (broad SMARTS) is 1. The second-order valence-corrected chi connectivity index (χ2v) is 4.47. The summed E-state index contributed by atoms with van der Waals surface area (Å²) in [4.78, 5) is 34.8. The number of hydrogen-bond acceptors (Lipinski definition) is 3. The SMILES string of the molecule is CC(=O)N(C)Cc1ccccc1NC(=O)CCC(=O)O. The number of benzene rings is 1. The van der Waals surface area contributed by atoms with E-state index in [-0.39, 0.29) is 24.7 Å². The molecule has 0 saturated carbocycles. The first-order valence-electron chi connectivity index (χ1n) is 6.21. The maximum Gasteiger partial charge on any atom is 0.303 e. The molecule has 0 saturated heterocycles. The van der Waals surface area contributed by atoms with E-state index < -0.39 is 5.97 Å². The Morgan fingerprint density at radius 1 is 1.20 bits per heavy atom. The van der Waals surface area contributed by atoms with Crippen LogP contribution in [-0.4, -0.2) is 34.8 Å². The molecule has 0 spiro atoms. The minimum absolute atomic E-state index is 0.0722. The lowest BCUT2D eigenvalue weighted by molar-refractivity contribution is -0.138. The van der Waals surface area contributed by atoms with Gasteiger partial charge in [0.05, 0.1) is 6.42 Å². The molecule has 0 unspecified atom stereocenters. The van der Waals surface area contributed by atoms with Crippen LogP contribution < -0.4 is 5.32 Å². The molecule has 0 aromatic heterocycles. The molecule has 1 aromatic rings. The molecule has 0 aliphatic rings. The Morgan fingerprint density at radius 3 is 2.45 bits per heavy atom. The van der Waals surface area contributed by atoms with Gasteiger partial charge in [-0.2, -0.15) is 0 Å². The van der Waals surface area contributed by atoms with Gasteiger partial charge < -0.3 is 15.3 Å². The molecule has 2 amide bonds. The fraction of sp³-hybridized carbons (Fsp3) is 0.357. The van der Waals surface area contributed by atoms with Crippen molar-refractivity contribution in [1.82, 2.24) is 4.90 Å². The lowest BCUT2D eigenvalue weighted by Crippen LogP contribution is -2.24. The van der Waals surface area contributed by atoms with E-state index in [0.29, 0.717) is 12.2 Å². The van der Waals surface area contributed by atoms with Gasteiger partial charge in [0.2, 0.25) is 11.8 Å². The molecular formula is C14H18N2O4. The zero-order valence-electron chi connectivity index (χ0n) is 11.5. The van der Waals surface area contributed by atoms with Crippen LogP contribution in [0.3, 0.4) is 0 Å². The molecule has 108 valence electrons. The van der Waals surface area contributed by atoms with E-state index in [0.717, 1.165) is 5.56 Å². The smallest absolute Gasteiger partial charge is 0.303 e. The first-order chi connectivity index (χ1) is 9.40. The van der Waals surface area contributed by atoms with Crippen LogP contribution in [0.15, 0.2) is 24.3 Å². The Labute approximate surface area is 117 Å². The minimum atomic E-state index is -1.01. The summed E-state index contributed by atoms with van der Waals surface area (Å²) in [5.74, 6) is -1.44. The zero-order chi connectivity index (χ0) is 15.1. The molecule has 0 fully saturated rings. The third kappa shape index (κ3) is 5.09. The number of rotatable bonds is 6. The topological polar surface area (TPSA) is 86.7 Å². The van der Waals surface area contributed by atoms with Crippen molar-refractivity contribution in [2.24, 2.45) is 0 Å². The molecule has 2 N–H and O–H groups in total. The maximum absolute atomic E-state index is 11.6. The molecule has 0 aliphatic carbocycles. The van der Waals surface area contributed by atoms with Gasteiger partial charge in [-0.05, 0) is 11.6 Å². The largest absolute Gasteiger partial charge is 0.481 e. The second-order valence-electron chi connectivity index (χ2n) is 4.47. The van der Waals surface area contributed by atoms with Gasteiger partial charge in [-0.25, -0.2) is 0 Å². The molecule has 0 radical (unpaired) electrons. The van der Waals surface area contributed by atoms with E-state index in [1.165, 1.54) is 11.8 Å². The van der Waals surface area contributed by atoms with E-state index in [9.17, 15) is 14.4 Å². The van der Waals surface area contributed by atoms with Crippen LogP contribution in [0.1, 0.15) is 25.3 Å². The molecule has 0 bridgehead atoms. The average molecular weight is 278 g/mol. The van der Waals surface area contributed by atoms with Crippen molar-refractivity contribution in [3.8, 4) is 0 Å². The minimum Gasteiger partial charge on any atom is -0.481 e.